The summed E-state index contributed by atoms with van der Waals surface area (Å²) in [4.78, 5) is 9.95. The Kier molecular flexibility index (Phi) is 4.02. The lowest BCUT2D eigenvalue weighted by Crippen LogP contribution is -2.33. The van der Waals surface area contributed by atoms with Gasteiger partial charge >= 0.3 is 0 Å². The number of halogens is 1. The zero-order chi connectivity index (χ0) is 14.7. The average molecular weight is 280 g/mol. The van der Waals surface area contributed by atoms with E-state index in [9.17, 15) is 19.6 Å². The molecule has 0 fully saturated rings. The van der Waals surface area contributed by atoms with E-state index in [2.05, 4.69) is 0 Å². The van der Waals surface area contributed by atoms with Crippen LogP contribution in [0.15, 0.2) is 12.1 Å². The zero-order valence-corrected chi connectivity index (χ0v) is 10.4. The van der Waals surface area contributed by atoms with E-state index >= 15 is 0 Å². The van der Waals surface area contributed by atoms with E-state index in [0.29, 0.717) is 18.9 Å². The molecule has 0 atom stereocenters. The number of hydrogen-bond acceptors (Lipinski definition) is 5. The lowest BCUT2D eigenvalue weighted by Gasteiger charge is -2.14. The molecule has 1 aliphatic rings. The molecule has 0 amide bonds. The van der Waals surface area contributed by atoms with Crippen molar-refractivity contribution >= 4 is 17.1 Å². The predicted molar refractivity (Wildman–Crippen MR) is 65.5 cm³/mol. The molecule has 20 heavy (non-hydrogen) atoms. The molecule has 0 bridgehead atoms. The van der Waals surface area contributed by atoms with Crippen LogP contribution in [-0.4, -0.2) is 46.7 Å². The Morgan fingerprint density at radius 1 is 1.60 bits per heavy atom. The Morgan fingerprint density at radius 2 is 2.35 bits per heavy atom. The second kappa shape index (κ2) is 5.73. The molecule has 1 aliphatic heterocycles. The van der Waals surface area contributed by atoms with Gasteiger partial charge in [-0.25, -0.2) is 0 Å². The van der Waals surface area contributed by atoms with Crippen molar-refractivity contribution in [1.82, 2.24) is 0 Å². The van der Waals surface area contributed by atoms with Crippen LogP contribution < -0.4 is 0 Å². The number of nitro benzene ring substituents is 1. The topological polar surface area (TPSA) is 99.4 Å². The summed E-state index contributed by atoms with van der Waals surface area (Å²) in [7, 11) is 0. The maximum Gasteiger partial charge on any atom is 0.290 e. The van der Waals surface area contributed by atoms with Gasteiger partial charge in [0.05, 0.1) is 4.92 Å². The fraction of sp³-hybridized carbons (Fsp3) is 0.333. The van der Waals surface area contributed by atoms with Crippen LogP contribution >= 0.6 is 0 Å². The summed E-state index contributed by atoms with van der Waals surface area (Å²) in [6, 6.07) is 3.83. The lowest BCUT2D eigenvalue weighted by atomic mass is 10.1. The second-order valence-electron chi connectivity index (χ2n) is 4.09. The second-order valence-corrected chi connectivity index (χ2v) is 4.09. The molecule has 0 radical (unpaired) electrons. The summed E-state index contributed by atoms with van der Waals surface area (Å²) < 4.78 is 20.9. The molecular weight excluding hydrogens is 269 g/mol. The number of nitriles is 1. The van der Waals surface area contributed by atoms with E-state index in [-0.39, 0.29) is 18.9 Å². The van der Waals surface area contributed by atoms with Gasteiger partial charge in [-0.1, -0.05) is 0 Å². The third-order valence-electron chi connectivity index (χ3n) is 2.99. The molecule has 0 spiro atoms. The van der Waals surface area contributed by atoms with Crippen LogP contribution in [0.3, 0.4) is 0 Å². The number of benzene rings is 1. The summed E-state index contributed by atoms with van der Waals surface area (Å²) in [5.41, 5.74) is -0.726. The highest BCUT2D eigenvalue weighted by Crippen LogP contribution is 2.28. The normalized spacial score (nSPS) is 15.1. The summed E-state index contributed by atoms with van der Waals surface area (Å²) >= 11 is 0. The van der Waals surface area contributed by atoms with Crippen molar-refractivity contribution in [3.63, 3.8) is 0 Å². The quantitative estimate of drug-likeness (QED) is 0.499. The van der Waals surface area contributed by atoms with Crippen molar-refractivity contribution in [2.45, 2.75) is 0 Å². The van der Waals surface area contributed by atoms with Crippen molar-refractivity contribution in [2.75, 3.05) is 26.4 Å². The van der Waals surface area contributed by atoms with Crippen molar-refractivity contribution in [1.29, 1.82) is 5.26 Å². The van der Waals surface area contributed by atoms with Crippen molar-refractivity contribution in [2.24, 2.45) is 0 Å². The molecule has 0 saturated heterocycles. The Labute approximate surface area is 113 Å². The average Bonchev–Trinajstić information content (AvgIpc) is 2.46. The van der Waals surface area contributed by atoms with Gasteiger partial charge in [0.15, 0.2) is 12.1 Å². The molecule has 0 aromatic heterocycles. The summed E-state index contributed by atoms with van der Waals surface area (Å²) in [5, 5.41) is 28.9. The van der Waals surface area contributed by atoms with Crippen LogP contribution in [0.4, 0.5) is 15.8 Å². The Balaban J connectivity index is 2.62. The van der Waals surface area contributed by atoms with E-state index in [1.165, 1.54) is 16.7 Å². The first kappa shape index (κ1) is 14.0. The first-order valence-electron chi connectivity index (χ1n) is 5.78. The highest BCUT2D eigenvalue weighted by molar-refractivity contribution is 5.83. The molecule has 0 aliphatic carbocycles. The largest absolute Gasteiger partial charge is 0.386 e. The number of aliphatic hydroxyl groups is 1. The summed E-state index contributed by atoms with van der Waals surface area (Å²) in [5.74, 6) is -0.963. The van der Waals surface area contributed by atoms with Crippen LogP contribution in [-0.2, 0) is 4.74 Å². The van der Waals surface area contributed by atoms with Crippen LogP contribution in [0.1, 0.15) is 5.56 Å². The predicted octanol–water partition coefficient (Wildman–Crippen LogP) is 0.713. The molecule has 1 aromatic carbocycles. The molecule has 104 valence electrons. The number of nitro groups is 1. The summed E-state index contributed by atoms with van der Waals surface area (Å²) in [6.07, 6.45) is 0. The van der Waals surface area contributed by atoms with Crippen LogP contribution in [0, 0.1) is 27.3 Å². The van der Waals surface area contributed by atoms with Crippen LogP contribution in [0.25, 0.3) is 0 Å². The van der Waals surface area contributed by atoms with Gasteiger partial charge in [0.2, 0.25) is 17.2 Å². The highest BCUT2D eigenvalue weighted by atomic mass is 19.1. The van der Waals surface area contributed by atoms with Gasteiger partial charge in [0.25, 0.3) is 5.69 Å². The molecular formula is C12H11FN3O4+. The molecule has 8 heteroatoms. The molecule has 1 N–H and O–H groups in total. The Hall–Kier alpha value is -2.37. The molecule has 1 aromatic rings. The van der Waals surface area contributed by atoms with E-state index in [1.54, 1.807) is 0 Å². The summed E-state index contributed by atoms with van der Waals surface area (Å²) in [6.45, 7) is 0.463. The van der Waals surface area contributed by atoms with E-state index in [0.717, 1.165) is 6.07 Å². The van der Waals surface area contributed by atoms with Gasteiger partial charge in [-0.2, -0.15) is 14.2 Å². The molecule has 0 saturated carbocycles. The third kappa shape index (κ3) is 2.36. The minimum atomic E-state index is -0.963. The van der Waals surface area contributed by atoms with Crippen molar-refractivity contribution in [3.05, 3.63) is 33.6 Å². The SMILES string of the molecule is N#Cc1c([N+](=O)[O-])ccc([N+]2=C(CO)COCC2)c1F. The maximum atomic E-state index is 14.3. The zero-order valence-electron chi connectivity index (χ0n) is 10.4. The first-order valence-corrected chi connectivity index (χ1v) is 5.78. The third-order valence-corrected chi connectivity index (χ3v) is 2.99. The highest BCUT2D eigenvalue weighted by Gasteiger charge is 2.30. The minimum Gasteiger partial charge on any atom is -0.386 e. The lowest BCUT2D eigenvalue weighted by molar-refractivity contribution is -0.460. The van der Waals surface area contributed by atoms with E-state index in [4.69, 9.17) is 10.00 Å². The van der Waals surface area contributed by atoms with Crippen LogP contribution in [0.5, 0.6) is 0 Å². The minimum absolute atomic E-state index is 0.0273. The van der Waals surface area contributed by atoms with Gasteiger partial charge in [-0.15, -0.1) is 0 Å². The number of nitrogens with zero attached hydrogens (tertiary/aromatic N) is 3. The molecule has 1 heterocycles. The van der Waals surface area contributed by atoms with E-state index < -0.39 is 22.0 Å². The molecule has 7 nitrogen and oxygen atoms in total. The van der Waals surface area contributed by atoms with Gasteiger partial charge in [-0.3, -0.25) is 10.1 Å². The Morgan fingerprint density at radius 3 is 2.95 bits per heavy atom. The number of hydrogen-bond donors (Lipinski definition) is 1. The van der Waals surface area contributed by atoms with Gasteiger partial charge in [-0.05, 0) is 0 Å². The monoisotopic (exact) mass is 280 g/mol. The Bertz CT molecular complexity index is 636. The molecule has 2 rings (SSSR count). The van der Waals surface area contributed by atoms with Gasteiger partial charge in [0.1, 0.15) is 25.9 Å². The van der Waals surface area contributed by atoms with E-state index in [1.807, 2.05) is 0 Å². The smallest absolute Gasteiger partial charge is 0.290 e. The first-order chi connectivity index (χ1) is 9.60. The number of aliphatic hydroxyl groups excluding tert-OH is 1. The maximum absolute atomic E-state index is 14.3. The fourth-order valence-corrected chi connectivity index (χ4v) is 2.03. The van der Waals surface area contributed by atoms with Gasteiger partial charge < -0.3 is 9.84 Å². The van der Waals surface area contributed by atoms with Crippen LogP contribution in [0.2, 0.25) is 0 Å². The van der Waals surface area contributed by atoms with Gasteiger partial charge in [0, 0.05) is 12.1 Å². The fourth-order valence-electron chi connectivity index (χ4n) is 2.03. The molecule has 0 unspecified atom stereocenters. The standard InChI is InChI=1S/C12H11FN3O4/c13-12-9(5-14)10(16(18)19)1-2-11(12)15-3-4-20-7-8(15)6-17/h1-2,17H,3-4,6-7H2/q+1. The van der Waals surface area contributed by atoms with Crippen molar-refractivity contribution in [3.8, 4) is 6.07 Å². The van der Waals surface area contributed by atoms with Crippen molar-refractivity contribution < 1.29 is 23.7 Å². The number of rotatable bonds is 3. The number of ether oxygens (including phenoxy) is 1.